The summed E-state index contributed by atoms with van der Waals surface area (Å²) in [4.78, 5) is 15.3. The zero-order chi connectivity index (χ0) is 15.7. The lowest BCUT2D eigenvalue weighted by atomic mass is 10.1. The summed E-state index contributed by atoms with van der Waals surface area (Å²) in [6, 6.07) is 9.29. The summed E-state index contributed by atoms with van der Waals surface area (Å²) >= 11 is 0. The van der Waals surface area contributed by atoms with E-state index in [-0.39, 0.29) is 12.5 Å². The van der Waals surface area contributed by atoms with Crippen molar-refractivity contribution < 1.29 is 14.3 Å². The van der Waals surface area contributed by atoms with Crippen LogP contribution in [0.2, 0.25) is 0 Å². The van der Waals surface area contributed by atoms with E-state index in [0.29, 0.717) is 11.5 Å². The SMILES string of the molecule is Cc1cc(C)c2cc(C(=O)NCC(O)c3ccco3)[nH]c2c1. The van der Waals surface area contributed by atoms with Gasteiger partial charge in [0, 0.05) is 10.9 Å². The quantitative estimate of drug-likeness (QED) is 0.693. The number of aromatic nitrogens is 1. The largest absolute Gasteiger partial charge is 0.467 e. The molecule has 1 aromatic carbocycles. The molecule has 0 radical (unpaired) electrons. The fourth-order valence-corrected chi connectivity index (χ4v) is 2.59. The first-order chi connectivity index (χ1) is 10.5. The summed E-state index contributed by atoms with van der Waals surface area (Å²) in [5.74, 6) is 0.183. The van der Waals surface area contributed by atoms with Gasteiger partial charge >= 0.3 is 0 Å². The lowest BCUT2D eigenvalue weighted by molar-refractivity contribution is 0.0897. The van der Waals surface area contributed by atoms with Gasteiger partial charge in [0.2, 0.25) is 0 Å². The minimum absolute atomic E-state index is 0.0969. The zero-order valence-electron chi connectivity index (χ0n) is 12.5. The molecule has 1 unspecified atom stereocenters. The molecule has 0 aliphatic rings. The van der Waals surface area contributed by atoms with Crippen LogP contribution in [-0.2, 0) is 0 Å². The molecule has 1 atom stereocenters. The second-order valence-corrected chi connectivity index (χ2v) is 5.47. The third-order valence-corrected chi connectivity index (χ3v) is 3.66. The number of nitrogens with one attached hydrogen (secondary N) is 2. The number of aryl methyl sites for hydroxylation is 2. The van der Waals surface area contributed by atoms with Gasteiger partial charge < -0.3 is 19.8 Å². The van der Waals surface area contributed by atoms with E-state index in [1.807, 2.05) is 26.0 Å². The summed E-state index contributed by atoms with van der Waals surface area (Å²) < 4.78 is 5.10. The summed E-state index contributed by atoms with van der Waals surface area (Å²) in [7, 11) is 0. The molecule has 0 saturated heterocycles. The highest BCUT2D eigenvalue weighted by Gasteiger charge is 2.15. The molecule has 114 valence electrons. The maximum atomic E-state index is 12.2. The number of amides is 1. The number of furan rings is 1. The van der Waals surface area contributed by atoms with E-state index in [4.69, 9.17) is 4.42 Å². The summed E-state index contributed by atoms with van der Waals surface area (Å²) in [6.07, 6.45) is 0.635. The van der Waals surface area contributed by atoms with E-state index in [9.17, 15) is 9.90 Å². The Morgan fingerprint density at radius 2 is 2.18 bits per heavy atom. The normalized spacial score (nSPS) is 12.5. The third-order valence-electron chi connectivity index (χ3n) is 3.66. The van der Waals surface area contributed by atoms with Crippen LogP contribution in [0.1, 0.15) is 33.5 Å². The van der Waals surface area contributed by atoms with E-state index in [0.717, 1.165) is 22.0 Å². The molecule has 3 aromatic rings. The van der Waals surface area contributed by atoms with E-state index in [1.54, 1.807) is 12.1 Å². The van der Waals surface area contributed by atoms with Gasteiger partial charge in [-0.15, -0.1) is 0 Å². The molecule has 2 aromatic heterocycles. The minimum Gasteiger partial charge on any atom is -0.467 e. The van der Waals surface area contributed by atoms with Gasteiger partial charge in [0.05, 0.1) is 12.8 Å². The Morgan fingerprint density at radius 3 is 2.91 bits per heavy atom. The van der Waals surface area contributed by atoms with Crippen LogP contribution in [0, 0.1) is 13.8 Å². The highest BCUT2D eigenvalue weighted by molar-refractivity contribution is 5.99. The van der Waals surface area contributed by atoms with Crippen LogP contribution in [-0.4, -0.2) is 22.5 Å². The van der Waals surface area contributed by atoms with Crippen LogP contribution < -0.4 is 5.32 Å². The molecule has 22 heavy (non-hydrogen) atoms. The van der Waals surface area contributed by atoms with Crippen LogP contribution >= 0.6 is 0 Å². The molecule has 2 heterocycles. The van der Waals surface area contributed by atoms with Crippen molar-refractivity contribution in [2.45, 2.75) is 20.0 Å². The Morgan fingerprint density at radius 1 is 1.36 bits per heavy atom. The van der Waals surface area contributed by atoms with Crippen molar-refractivity contribution in [3.8, 4) is 0 Å². The van der Waals surface area contributed by atoms with Gasteiger partial charge in [-0.25, -0.2) is 0 Å². The van der Waals surface area contributed by atoms with Gasteiger partial charge in [0.15, 0.2) is 0 Å². The van der Waals surface area contributed by atoms with Crippen molar-refractivity contribution in [2.24, 2.45) is 0 Å². The fraction of sp³-hybridized carbons (Fsp3) is 0.235. The molecular weight excluding hydrogens is 280 g/mol. The molecule has 5 nitrogen and oxygen atoms in total. The smallest absolute Gasteiger partial charge is 0.267 e. The topological polar surface area (TPSA) is 78.3 Å². The van der Waals surface area contributed by atoms with E-state index in [1.165, 1.54) is 6.26 Å². The number of H-pyrrole nitrogens is 1. The Hall–Kier alpha value is -2.53. The lowest BCUT2D eigenvalue weighted by Gasteiger charge is -2.08. The molecule has 1 amide bonds. The van der Waals surface area contributed by atoms with Crippen LogP contribution in [0.3, 0.4) is 0 Å². The average molecular weight is 298 g/mol. The Bertz CT molecular complexity index is 803. The predicted octanol–water partition coefficient (Wildman–Crippen LogP) is 2.84. The van der Waals surface area contributed by atoms with E-state index < -0.39 is 6.10 Å². The molecule has 0 saturated carbocycles. The Kier molecular flexibility index (Phi) is 3.73. The van der Waals surface area contributed by atoms with Gasteiger partial charge in [-0.05, 0) is 49.2 Å². The molecular formula is C17H18N2O3. The number of hydrogen-bond donors (Lipinski definition) is 3. The van der Waals surface area contributed by atoms with Crippen molar-refractivity contribution in [3.05, 3.63) is 59.2 Å². The number of carbonyl (C=O) groups is 1. The van der Waals surface area contributed by atoms with Crippen LogP contribution in [0.5, 0.6) is 0 Å². The molecule has 0 spiro atoms. The lowest BCUT2D eigenvalue weighted by Crippen LogP contribution is -2.28. The number of benzene rings is 1. The van der Waals surface area contributed by atoms with E-state index >= 15 is 0 Å². The Labute approximate surface area is 128 Å². The summed E-state index contributed by atoms with van der Waals surface area (Å²) in [5, 5.41) is 13.6. The zero-order valence-corrected chi connectivity index (χ0v) is 12.5. The van der Waals surface area contributed by atoms with Crippen molar-refractivity contribution >= 4 is 16.8 Å². The first kappa shape index (κ1) is 14.4. The first-order valence-corrected chi connectivity index (χ1v) is 7.14. The number of hydrogen-bond acceptors (Lipinski definition) is 3. The maximum Gasteiger partial charge on any atom is 0.267 e. The number of fused-ring (bicyclic) bond motifs is 1. The van der Waals surface area contributed by atoms with Crippen LogP contribution in [0.15, 0.2) is 41.0 Å². The second-order valence-electron chi connectivity index (χ2n) is 5.47. The highest BCUT2D eigenvalue weighted by Crippen LogP contribution is 2.21. The number of aromatic amines is 1. The van der Waals surface area contributed by atoms with Crippen molar-refractivity contribution in [1.82, 2.24) is 10.3 Å². The first-order valence-electron chi connectivity index (χ1n) is 7.14. The van der Waals surface area contributed by atoms with Crippen molar-refractivity contribution in [2.75, 3.05) is 6.54 Å². The summed E-state index contributed by atoms with van der Waals surface area (Å²) in [5.41, 5.74) is 3.69. The molecule has 5 heteroatoms. The molecule has 3 N–H and O–H groups in total. The minimum atomic E-state index is -0.854. The van der Waals surface area contributed by atoms with Crippen molar-refractivity contribution in [3.63, 3.8) is 0 Å². The molecule has 0 fully saturated rings. The average Bonchev–Trinajstić information content (AvgIpc) is 3.13. The van der Waals surface area contributed by atoms with Gasteiger partial charge in [-0.3, -0.25) is 4.79 Å². The maximum absolute atomic E-state index is 12.2. The second kappa shape index (κ2) is 5.69. The highest BCUT2D eigenvalue weighted by atomic mass is 16.4. The molecule has 0 bridgehead atoms. The van der Waals surface area contributed by atoms with E-state index in [2.05, 4.69) is 16.4 Å². The van der Waals surface area contributed by atoms with Gasteiger partial charge in [0.1, 0.15) is 17.6 Å². The molecule has 3 rings (SSSR count). The number of carbonyl (C=O) groups excluding carboxylic acids is 1. The third kappa shape index (κ3) is 2.76. The van der Waals surface area contributed by atoms with Gasteiger partial charge in [-0.2, -0.15) is 0 Å². The number of rotatable bonds is 4. The van der Waals surface area contributed by atoms with Gasteiger partial charge in [-0.1, -0.05) is 6.07 Å². The van der Waals surface area contributed by atoms with Crippen LogP contribution in [0.4, 0.5) is 0 Å². The monoisotopic (exact) mass is 298 g/mol. The number of aliphatic hydroxyl groups excluding tert-OH is 1. The summed E-state index contributed by atoms with van der Waals surface area (Å²) in [6.45, 7) is 4.14. The van der Waals surface area contributed by atoms with Crippen LogP contribution in [0.25, 0.3) is 10.9 Å². The predicted molar refractivity (Wildman–Crippen MR) is 83.8 cm³/mol. The molecule has 0 aliphatic heterocycles. The fourth-order valence-electron chi connectivity index (χ4n) is 2.59. The van der Waals surface area contributed by atoms with Gasteiger partial charge in [0.25, 0.3) is 5.91 Å². The number of aliphatic hydroxyl groups is 1. The van der Waals surface area contributed by atoms with Crippen molar-refractivity contribution in [1.29, 1.82) is 0 Å². The Balaban J connectivity index is 1.74. The standard InChI is InChI=1S/C17H18N2O3/c1-10-6-11(2)12-8-14(19-13(12)7-10)17(21)18-9-15(20)16-4-3-5-22-16/h3-8,15,19-20H,9H2,1-2H3,(H,18,21). The molecule has 0 aliphatic carbocycles.